The third-order valence-electron chi connectivity index (χ3n) is 2.69. The summed E-state index contributed by atoms with van der Waals surface area (Å²) in [5.74, 6) is -0.114. The van der Waals surface area contributed by atoms with Crippen molar-refractivity contribution in [3.63, 3.8) is 0 Å². The lowest BCUT2D eigenvalue weighted by atomic mass is 10.0. The molecule has 0 fully saturated rings. The van der Waals surface area contributed by atoms with Crippen LogP contribution in [0.4, 0.5) is 11.4 Å². The zero-order valence-corrected chi connectivity index (χ0v) is 10.4. The molecule has 2 rings (SSSR count). The lowest BCUT2D eigenvalue weighted by Gasteiger charge is -2.04. The molecular weight excluding hydrogens is 252 g/mol. The molecule has 0 saturated carbocycles. The standard InChI is InChI=1S/C15H10N4O/c16-9-18-13-5-1-11(2-6-13)15(20)12-3-7-14(8-4-12)19-10-17/h1-8,18-19H. The van der Waals surface area contributed by atoms with Gasteiger partial charge in [0.05, 0.1) is 0 Å². The Morgan fingerprint density at radius 3 is 1.40 bits per heavy atom. The highest BCUT2D eigenvalue weighted by Gasteiger charge is 2.08. The van der Waals surface area contributed by atoms with Crippen molar-refractivity contribution in [2.75, 3.05) is 10.6 Å². The Morgan fingerprint density at radius 2 is 1.10 bits per heavy atom. The first-order valence-corrected chi connectivity index (χ1v) is 5.79. The fourth-order valence-corrected chi connectivity index (χ4v) is 1.71. The number of benzene rings is 2. The van der Waals surface area contributed by atoms with E-state index in [0.29, 0.717) is 22.5 Å². The van der Waals surface area contributed by atoms with Gasteiger partial charge in [-0.2, -0.15) is 10.5 Å². The van der Waals surface area contributed by atoms with Crippen LogP contribution in [0.15, 0.2) is 48.5 Å². The molecule has 0 unspecified atom stereocenters. The molecule has 2 aromatic rings. The fourth-order valence-electron chi connectivity index (χ4n) is 1.71. The number of hydrogen-bond acceptors (Lipinski definition) is 5. The zero-order chi connectivity index (χ0) is 14.4. The molecule has 0 radical (unpaired) electrons. The Balaban J connectivity index is 2.18. The number of nitrogens with zero attached hydrogens (tertiary/aromatic N) is 2. The molecule has 20 heavy (non-hydrogen) atoms. The van der Waals surface area contributed by atoms with Gasteiger partial charge in [-0.15, -0.1) is 0 Å². The molecule has 0 aliphatic heterocycles. The molecule has 96 valence electrons. The molecule has 0 saturated heterocycles. The van der Waals surface area contributed by atoms with Crippen molar-refractivity contribution >= 4 is 17.2 Å². The maximum Gasteiger partial charge on any atom is 0.193 e. The van der Waals surface area contributed by atoms with E-state index in [2.05, 4.69) is 10.6 Å². The fraction of sp³-hybridized carbons (Fsp3) is 0. The number of carbonyl (C=O) groups is 1. The minimum absolute atomic E-state index is 0.114. The van der Waals surface area contributed by atoms with Gasteiger partial charge in [0.2, 0.25) is 0 Å². The normalized spacial score (nSPS) is 9.10. The summed E-state index contributed by atoms with van der Waals surface area (Å²) >= 11 is 0. The number of anilines is 2. The monoisotopic (exact) mass is 262 g/mol. The van der Waals surface area contributed by atoms with E-state index in [1.54, 1.807) is 48.5 Å². The number of hydrogen-bond donors (Lipinski definition) is 2. The summed E-state index contributed by atoms with van der Waals surface area (Å²) in [7, 11) is 0. The summed E-state index contributed by atoms with van der Waals surface area (Å²) in [6.45, 7) is 0. The first-order valence-electron chi connectivity index (χ1n) is 5.79. The van der Waals surface area contributed by atoms with Crippen LogP contribution in [-0.2, 0) is 0 Å². The number of nitriles is 2. The van der Waals surface area contributed by atoms with Gasteiger partial charge in [0.1, 0.15) is 0 Å². The first-order chi connectivity index (χ1) is 9.74. The highest BCUT2D eigenvalue weighted by molar-refractivity contribution is 6.09. The topological polar surface area (TPSA) is 88.7 Å². The lowest BCUT2D eigenvalue weighted by molar-refractivity contribution is 0.103. The summed E-state index contributed by atoms with van der Waals surface area (Å²) in [5.41, 5.74) is 2.35. The van der Waals surface area contributed by atoms with Crippen molar-refractivity contribution in [2.45, 2.75) is 0 Å². The van der Waals surface area contributed by atoms with Crippen molar-refractivity contribution in [3.8, 4) is 12.4 Å². The van der Waals surface area contributed by atoms with E-state index in [4.69, 9.17) is 10.5 Å². The van der Waals surface area contributed by atoms with E-state index in [1.165, 1.54) is 0 Å². The van der Waals surface area contributed by atoms with Gasteiger partial charge in [-0.3, -0.25) is 15.4 Å². The van der Waals surface area contributed by atoms with E-state index in [1.807, 2.05) is 12.4 Å². The minimum atomic E-state index is -0.114. The summed E-state index contributed by atoms with van der Waals surface area (Å²) in [4.78, 5) is 12.2. The Bertz CT molecular complexity index is 629. The predicted octanol–water partition coefficient (Wildman–Crippen LogP) is 2.70. The third kappa shape index (κ3) is 2.92. The SMILES string of the molecule is N#CNc1ccc(C(=O)c2ccc(NC#N)cc2)cc1. The Labute approximate surface area is 116 Å². The molecule has 0 bridgehead atoms. The minimum Gasteiger partial charge on any atom is -0.293 e. The van der Waals surface area contributed by atoms with Crippen LogP contribution in [0, 0.1) is 22.9 Å². The van der Waals surface area contributed by atoms with Crippen LogP contribution in [0.3, 0.4) is 0 Å². The van der Waals surface area contributed by atoms with Gasteiger partial charge in [-0.25, -0.2) is 0 Å². The van der Waals surface area contributed by atoms with Crippen molar-refractivity contribution in [1.29, 1.82) is 10.5 Å². The molecule has 0 atom stereocenters. The second kappa shape index (κ2) is 6.03. The zero-order valence-electron chi connectivity index (χ0n) is 10.4. The van der Waals surface area contributed by atoms with E-state index in [0.717, 1.165) is 0 Å². The van der Waals surface area contributed by atoms with E-state index >= 15 is 0 Å². The van der Waals surface area contributed by atoms with Crippen molar-refractivity contribution in [2.24, 2.45) is 0 Å². The lowest BCUT2D eigenvalue weighted by Crippen LogP contribution is -2.01. The van der Waals surface area contributed by atoms with Crippen LogP contribution in [0.1, 0.15) is 15.9 Å². The summed E-state index contributed by atoms with van der Waals surface area (Å²) < 4.78 is 0. The van der Waals surface area contributed by atoms with Crippen molar-refractivity contribution < 1.29 is 4.79 Å². The summed E-state index contributed by atoms with van der Waals surface area (Å²) in [5, 5.41) is 22.0. The van der Waals surface area contributed by atoms with Crippen LogP contribution in [-0.4, -0.2) is 5.78 Å². The van der Waals surface area contributed by atoms with Gasteiger partial charge in [0.25, 0.3) is 0 Å². The molecule has 0 aromatic heterocycles. The molecule has 0 amide bonds. The van der Waals surface area contributed by atoms with E-state index < -0.39 is 0 Å². The molecular formula is C15H10N4O. The van der Waals surface area contributed by atoms with E-state index in [-0.39, 0.29) is 5.78 Å². The summed E-state index contributed by atoms with van der Waals surface area (Å²) in [6.07, 6.45) is 3.63. The Morgan fingerprint density at radius 1 is 0.750 bits per heavy atom. The molecule has 5 nitrogen and oxygen atoms in total. The Hall–Kier alpha value is -3.31. The maximum atomic E-state index is 12.2. The van der Waals surface area contributed by atoms with Gasteiger partial charge in [0, 0.05) is 22.5 Å². The number of rotatable bonds is 4. The van der Waals surface area contributed by atoms with Crippen LogP contribution in [0.25, 0.3) is 0 Å². The first kappa shape index (κ1) is 13.1. The highest BCUT2D eigenvalue weighted by atomic mass is 16.1. The van der Waals surface area contributed by atoms with Crippen LogP contribution in [0.2, 0.25) is 0 Å². The number of ketones is 1. The van der Waals surface area contributed by atoms with Gasteiger partial charge < -0.3 is 0 Å². The molecule has 2 aromatic carbocycles. The molecule has 0 aliphatic rings. The largest absolute Gasteiger partial charge is 0.293 e. The Kier molecular flexibility index (Phi) is 3.96. The van der Waals surface area contributed by atoms with Gasteiger partial charge >= 0.3 is 0 Å². The van der Waals surface area contributed by atoms with Gasteiger partial charge in [0.15, 0.2) is 18.2 Å². The maximum absolute atomic E-state index is 12.2. The molecule has 0 aliphatic carbocycles. The van der Waals surface area contributed by atoms with Gasteiger partial charge in [-0.1, -0.05) is 0 Å². The van der Waals surface area contributed by atoms with Crippen molar-refractivity contribution in [3.05, 3.63) is 59.7 Å². The van der Waals surface area contributed by atoms with Gasteiger partial charge in [-0.05, 0) is 48.5 Å². The molecule has 2 N–H and O–H groups in total. The number of nitrogens with one attached hydrogen (secondary N) is 2. The molecule has 0 heterocycles. The second-order valence-electron chi connectivity index (χ2n) is 3.96. The van der Waals surface area contributed by atoms with Crippen LogP contribution in [0.5, 0.6) is 0 Å². The molecule has 0 spiro atoms. The molecule has 5 heteroatoms. The number of carbonyl (C=O) groups excluding carboxylic acids is 1. The van der Waals surface area contributed by atoms with Crippen LogP contribution < -0.4 is 10.6 Å². The quantitative estimate of drug-likeness (QED) is 0.502. The van der Waals surface area contributed by atoms with Crippen molar-refractivity contribution in [1.82, 2.24) is 0 Å². The smallest absolute Gasteiger partial charge is 0.193 e. The third-order valence-corrected chi connectivity index (χ3v) is 2.69. The van der Waals surface area contributed by atoms with Crippen LogP contribution >= 0.6 is 0 Å². The second-order valence-corrected chi connectivity index (χ2v) is 3.96. The average molecular weight is 262 g/mol. The predicted molar refractivity (Wildman–Crippen MR) is 74.8 cm³/mol. The summed E-state index contributed by atoms with van der Waals surface area (Å²) in [6, 6.07) is 13.3. The average Bonchev–Trinajstić information content (AvgIpc) is 2.49. The van der Waals surface area contributed by atoms with E-state index in [9.17, 15) is 4.79 Å². The highest BCUT2D eigenvalue weighted by Crippen LogP contribution is 2.15.